The molecule has 168 valence electrons. The van der Waals surface area contributed by atoms with Gasteiger partial charge in [-0.1, -0.05) is 0 Å². The second kappa shape index (κ2) is 9.16. The molecule has 2 N–H and O–H groups in total. The Labute approximate surface area is 190 Å². The lowest BCUT2D eigenvalue weighted by atomic mass is 9.97. The van der Waals surface area contributed by atoms with Gasteiger partial charge in [-0.15, -0.1) is 0 Å². The first kappa shape index (κ1) is 22.9. The molecule has 3 saturated heterocycles. The van der Waals surface area contributed by atoms with Gasteiger partial charge in [-0.25, -0.2) is 4.79 Å². The minimum atomic E-state index is -0.617. The number of amides is 4. The standard InChI is InChI=1S/C19H30IN5O5/c1-12(29-19(2,3)4)23-9-5-6-13(10-23)16(26)21-22-17(27)15-8-7-14-11-24(15)18(28)25(14)30-20/h13-15H,1,5-11H2,2-4H3,(H,21,26)(H,22,27)/t13?,14?,15-/m0/s1. The molecule has 0 aromatic carbocycles. The van der Waals surface area contributed by atoms with Gasteiger partial charge in [0.2, 0.25) is 5.91 Å². The van der Waals surface area contributed by atoms with Crippen molar-refractivity contribution in [2.45, 2.75) is 64.1 Å². The molecule has 3 rings (SSSR count). The maximum atomic E-state index is 12.6. The predicted molar refractivity (Wildman–Crippen MR) is 116 cm³/mol. The van der Waals surface area contributed by atoms with E-state index in [1.54, 1.807) is 23.0 Å². The van der Waals surface area contributed by atoms with Crippen LogP contribution in [0.1, 0.15) is 46.5 Å². The van der Waals surface area contributed by atoms with E-state index >= 15 is 0 Å². The Hall–Kier alpha value is -1.76. The van der Waals surface area contributed by atoms with Crippen LogP contribution in [0.5, 0.6) is 0 Å². The summed E-state index contributed by atoms with van der Waals surface area (Å²) in [6.45, 7) is 11.5. The smallest absolute Gasteiger partial charge is 0.345 e. The number of fused-ring (bicyclic) bond motifs is 2. The highest BCUT2D eigenvalue weighted by atomic mass is 127. The fourth-order valence-electron chi connectivity index (χ4n) is 4.14. The number of piperidine rings is 2. The van der Waals surface area contributed by atoms with Gasteiger partial charge in [0.25, 0.3) is 5.91 Å². The van der Waals surface area contributed by atoms with Crippen LogP contribution in [-0.4, -0.2) is 70.0 Å². The fraction of sp³-hybridized carbons (Fsp3) is 0.737. The van der Waals surface area contributed by atoms with Gasteiger partial charge in [0.05, 0.1) is 12.0 Å². The molecule has 30 heavy (non-hydrogen) atoms. The third kappa shape index (κ3) is 5.10. The first-order chi connectivity index (χ1) is 14.1. The molecule has 2 bridgehead atoms. The first-order valence-corrected chi connectivity index (χ1v) is 11.1. The first-order valence-electron chi connectivity index (χ1n) is 10.2. The SMILES string of the molecule is C=C(OC(C)(C)C)N1CCCC(C(=O)NNC(=O)[C@@H]2CCC3CN2C(=O)N3OI)C1. The average molecular weight is 535 g/mol. The summed E-state index contributed by atoms with van der Waals surface area (Å²) in [5, 5.41) is 1.30. The number of hydrogen-bond acceptors (Lipinski definition) is 6. The number of hydroxylamine groups is 2. The molecule has 0 saturated carbocycles. The molecule has 0 aromatic rings. The summed E-state index contributed by atoms with van der Waals surface area (Å²) in [6, 6.07) is -0.975. The van der Waals surface area contributed by atoms with E-state index in [0.29, 0.717) is 31.8 Å². The number of hydrogen-bond donors (Lipinski definition) is 2. The molecule has 3 atom stereocenters. The number of halogens is 1. The summed E-state index contributed by atoms with van der Waals surface area (Å²) < 4.78 is 10.9. The number of carbonyl (C=O) groups is 3. The Bertz CT molecular complexity index is 712. The zero-order valence-corrected chi connectivity index (χ0v) is 19.8. The van der Waals surface area contributed by atoms with Crippen molar-refractivity contribution in [3.8, 4) is 0 Å². The van der Waals surface area contributed by atoms with Crippen LogP contribution in [0.25, 0.3) is 0 Å². The quantitative estimate of drug-likeness (QED) is 0.316. The number of urea groups is 1. The average Bonchev–Trinajstić information content (AvgIpc) is 2.94. The lowest BCUT2D eigenvalue weighted by molar-refractivity contribution is -0.134. The number of rotatable bonds is 5. The zero-order valence-electron chi connectivity index (χ0n) is 17.6. The minimum Gasteiger partial charge on any atom is -0.474 e. The normalized spacial score (nSPS) is 26.5. The Balaban J connectivity index is 1.50. The molecule has 11 heteroatoms. The van der Waals surface area contributed by atoms with E-state index in [-0.39, 0.29) is 29.5 Å². The summed E-state index contributed by atoms with van der Waals surface area (Å²) >= 11 is 1.67. The van der Waals surface area contributed by atoms with Crippen molar-refractivity contribution in [3.63, 3.8) is 0 Å². The van der Waals surface area contributed by atoms with Crippen LogP contribution in [-0.2, 0) is 17.5 Å². The number of nitrogens with zero attached hydrogens (tertiary/aromatic N) is 3. The second-order valence-corrected chi connectivity index (χ2v) is 9.34. The van der Waals surface area contributed by atoms with E-state index in [2.05, 4.69) is 17.4 Å². The molecule has 10 nitrogen and oxygen atoms in total. The molecule has 3 heterocycles. The monoisotopic (exact) mass is 535 g/mol. The molecule has 3 fully saturated rings. The highest BCUT2D eigenvalue weighted by Crippen LogP contribution is 2.31. The molecule has 3 aliphatic heterocycles. The summed E-state index contributed by atoms with van der Waals surface area (Å²) in [5.41, 5.74) is 4.68. The van der Waals surface area contributed by atoms with Crippen molar-refractivity contribution in [1.82, 2.24) is 25.7 Å². The highest BCUT2D eigenvalue weighted by molar-refractivity contribution is 14.1. The highest BCUT2D eigenvalue weighted by Gasteiger charge is 2.48. The second-order valence-electron chi connectivity index (χ2n) is 8.95. The topological polar surface area (TPSA) is 103 Å². The Morgan fingerprint density at radius 2 is 1.83 bits per heavy atom. The van der Waals surface area contributed by atoms with Gasteiger partial charge in [0.1, 0.15) is 34.6 Å². The molecular weight excluding hydrogens is 505 g/mol. The van der Waals surface area contributed by atoms with Gasteiger partial charge < -0.3 is 14.5 Å². The van der Waals surface area contributed by atoms with Crippen LogP contribution in [0.3, 0.4) is 0 Å². The molecule has 3 aliphatic rings. The van der Waals surface area contributed by atoms with Crippen LogP contribution in [0.4, 0.5) is 4.79 Å². The van der Waals surface area contributed by atoms with E-state index in [0.717, 1.165) is 19.4 Å². The number of carbonyl (C=O) groups excluding carboxylic acids is 3. The Morgan fingerprint density at radius 3 is 2.50 bits per heavy atom. The van der Waals surface area contributed by atoms with Gasteiger partial charge in [0.15, 0.2) is 5.88 Å². The number of hydrazine groups is 1. The van der Waals surface area contributed by atoms with E-state index in [1.807, 2.05) is 25.7 Å². The van der Waals surface area contributed by atoms with Crippen molar-refractivity contribution in [1.29, 1.82) is 0 Å². The lowest BCUT2D eigenvalue weighted by Crippen LogP contribution is -2.55. The molecule has 2 unspecified atom stereocenters. The van der Waals surface area contributed by atoms with Gasteiger partial charge in [-0.05, 0) is 53.0 Å². The molecule has 4 amide bonds. The van der Waals surface area contributed by atoms with E-state index < -0.39 is 11.9 Å². The van der Waals surface area contributed by atoms with Crippen molar-refractivity contribution < 1.29 is 22.3 Å². The van der Waals surface area contributed by atoms with Crippen molar-refractivity contribution >= 4 is 40.9 Å². The summed E-state index contributed by atoms with van der Waals surface area (Å²) in [7, 11) is 0. The van der Waals surface area contributed by atoms with Crippen molar-refractivity contribution in [2.24, 2.45) is 5.92 Å². The van der Waals surface area contributed by atoms with Crippen LogP contribution < -0.4 is 10.9 Å². The fourth-order valence-corrected chi connectivity index (χ4v) is 4.63. The summed E-state index contributed by atoms with van der Waals surface area (Å²) in [4.78, 5) is 41.0. The zero-order chi connectivity index (χ0) is 22.1. The van der Waals surface area contributed by atoms with E-state index in [9.17, 15) is 14.4 Å². The summed E-state index contributed by atoms with van der Waals surface area (Å²) in [6.07, 6.45) is 2.75. The Kier molecular flexibility index (Phi) is 7.00. The maximum absolute atomic E-state index is 12.6. The molecule has 0 aliphatic carbocycles. The van der Waals surface area contributed by atoms with Crippen LogP contribution in [0.2, 0.25) is 0 Å². The molecule has 0 radical (unpaired) electrons. The van der Waals surface area contributed by atoms with Crippen LogP contribution in [0, 0.1) is 5.92 Å². The Morgan fingerprint density at radius 1 is 1.13 bits per heavy atom. The minimum absolute atomic E-state index is 0.0373. The largest absolute Gasteiger partial charge is 0.474 e. The van der Waals surface area contributed by atoms with E-state index in [4.69, 9.17) is 7.90 Å². The number of ether oxygens (including phenoxy) is 1. The third-order valence-corrected chi connectivity index (χ3v) is 6.00. The van der Waals surface area contributed by atoms with Gasteiger partial charge in [0, 0.05) is 19.6 Å². The lowest BCUT2D eigenvalue weighted by Gasteiger charge is -2.36. The van der Waals surface area contributed by atoms with Crippen molar-refractivity contribution in [2.75, 3.05) is 19.6 Å². The number of nitrogens with one attached hydrogen (secondary N) is 2. The van der Waals surface area contributed by atoms with Gasteiger partial charge >= 0.3 is 6.03 Å². The molecule has 0 aromatic heterocycles. The maximum Gasteiger partial charge on any atom is 0.345 e. The van der Waals surface area contributed by atoms with Crippen LogP contribution in [0.15, 0.2) is 12.5 Å². The summed E-state index contributed by atoms with van der Waals surface area (Å²) in [5.74, 6) is -0.379. The van der Waals surface area contributed by atoms with Crippen molar-refractivity contribution in [3.05, 3.63) is 12.5 Å². The van der Waals surface area contributed by atoms with E-state index in [1.165, 1.54) is 9.96 Å². The third-order valence-electron chi connectivity index (χ3n) is 5.58. The predicted octanol–water partition coefficient (Wildman–Crippen LogP) is 1.68. The number of likely N-dealkylation sites (tertiary alicyclic amines) is 1. The molecule has 0 spiro atoms. The molecular formula is C19H30IN5O5. The van der Waals surface area contributed by atoms with Gasteiger partial charge in [-0.2, -0.15) is 8.23 Å². The van der Waals surface area contributed by atoms with Crippen LogP contribution >= 0.6 is 23.0 Å². The van der Waals surface area contributed by atoms with Gasteiger partial charge in [-0.3, -0.25) is 20.4 Å².